The van der Waals surface area contributed by atoms with Crippen molar-refractivity contribution in [2.24, 2.45) is 5.92 Å². The molecule has 0 amide bonds. The summed E-state index contributed by atoms with van der Waals surface area (Å²) in [4.78, 5) is 2.36. The summed E-state index contributed by atoms with van der Waals surface area (Å²) in [5, 5.41) is 2.55. The van der Waals surface area contributed by atoms with E-state index in [0.717, 1.165) is 51.9 Å². The molecule has 2 heterocycles. The summed E-state index contributed by atoms with van der Waals surface area (Å²) in [5.41, 5.74) is 17.8. The summed E-state index contributed by atoms with van der Waals surface area (Å²) in [6.45, 7) is 0. The average Bonchev–Trinajstić information content (AvgIpc) is 4.04. The van der Waals surface area contributed by atoms with Crippen molar-refractivity contribution in [2.45, 2.75) is 23.7 Å². The highest BCUT2D eigenvalue weighted by atomic mass is 16.6. The predicted molar refractivity (Wildman–Crippen MR) is 289 cm³/mol. The molecule has 0 N–H and O–H groups in total. The van der Waals surface area contributed by atoms with E-state index >= 15 is 0 Å². The van der Waals surface area contributed by atoms with Crippen molar-refractivity contribution in [3.8, 4) is 50.9 Å². The number of benzene rings is 9. The van der Waals surface area contributed by atoms with Crippen LogP contribution >= 0.6 is 0 Å². The van der Waals surface area contributed by atoms with Crippen LogP contribution in [0.15, 0.2) is 254 Å². The molecule has 4 heteroatoms. The highest BCUT2D eigenvalue weighted by Crippen LogP contribution is 2.67. The summed E-state index contributed by atoms with van der Waals surface area (Å²) < 4.78 is 16.3. The molecular formula is C67H46N2O2. The number of rotatable bonds is 6. The summed E-state index contributed by atoms with van der Waals surface area (Å²) in [7, 11) is 0. The van der Waals surface area contributed by atoms with Crippen LogP contribution in [-0.2, 0) is 5.41 Å². The van der Waals surface area contributed by atoms with Gasteiger partial charge in [0.2, 0.25) is 0 Å². The highest BCUT2D eigenvalue weighted by Gasteiger charge is 2.57. The van der Waals surface area contributed by atoms with Gasteiger partial charge in [0.15, 0.2) is 23.0 Å². The van der Waals surface area contributed by atoms with E-state index < -0.39 is 0 Å². The Labute approximate surface area is 413 Å². The lowest BCUT2D eigenvalue weighted by atomic mass is 9.65. The minimum atomic E-state index is -0.350. The molecule has 10 aromatic rings. The third-order valence-corrected chi connectivity index (χ3v) is 15.9. The van der Waals surface area contributed by atoms with Crippen molar-refractivity contribution in [2.75, 3.05) is 4.90 Å². The zero-order chi connectivity index (χ0) is 46.6. The van der Waals surface area contributed by atoms with E-state index in [1.54, 1.807) is 0 Å². The maximum atomic E-state index is 7.08. The molecule has 4 aliphatic carbocycles. The largest absolute Gasteiger partial charge is 0.449 e. The lowest BCUT2D eigenvalue weighted by Gasteiger charge is -2.36. The standard InChI is InChI=1S/C67H46N2O2/c1-3-16-46(17-4-1)68(48-35-30-43(31-36-48)45-34-39-62-56(40-45)54-23-10-14-28-61(54)69(62)47-18-5-2-6-19-47)49-37-32-44(33-38-49)50-24-15-29-63-66(50)71-65-42-60-55(41-64(65)70-63)53-22-9-13-27-59(53)67(60)57-25-11-7-20-51(57)52-21-8-12-26-58(52)67/h1-30,32-43,51,57H,31H2/t43-,51?,57-,67?/m0/s1. The molecule has 0 saturated heterocycles. The number of ether oxygens (including phenoxy) is 2. The van der Waals surface area contributed by atoms with Gasteiger partial charge in [-0.25, -0.2) is 0 Å². The number of hydrogen-bond acceptors (Lipinski definition) is 3. The van der Waals surface area contributed by atoms with E-state index in [4.69, 9.17) is 9.47 Å². The van der Waals surface area contributed by atoms with Crippen LogP contribution in [0, 0.1) is 5.92 Å². The van der Waals surface area contributed by atoms with Crippen LogP contribution in [-0.4, -0.2) is 4.57 Å². The van der Waals surface area contributed by atoms with Crippen LogP contribution < -0.4 is 14.4 Å². The fraction of sp³-hybridized carbons (Fsp3) is 0.0746. The van der Waals surface area contributed by atoms with Gasteiger partial charge in [0.05, 0.1) is 16.4 Å². The van der Waals surface area contributed by atoms with E-state index in [2.05, 4.69) is 252 Å². The molecule has 2 unspecified atom stereocenters. The number of anilines is 2. The van der Waals surface area contributed by atoms with Crippen molar-refractivity contribution < 1.29 is 9.47 Å². The molecular weight excluding hydrogens is 865 g/mol. The molecule has 9 aromatic carbocycles. The number of para-hydroxylation sites is 4. The smallest absolute Gasteiger partial charge is 0.177 e. The Balaban J connectivity index is 0.752. The zero-order valence-electron chi connectivity index (χ0n) is 38.8. The number of allylic oxidation sites excluding steroid dienone is 7. The van der Waals surface area contributed by atoms with Crippen molar-refractivity contribution in [1.29, 1.82) is 0 Å². The van der Waals surface area contributed by atoms with Crippen molar-refractivity contribution in [3.63, 3.8) is 0 Å². The van der Waals surface area contributed by atoms with Crippen molar-refractivity contribution >= 4 is 33.2 Å². The quantitative estimate of drug-likeness (QED) is 0.166. The predicted octanol–water partition coefficient (Wildman–Crippen LogP) is 17.3. The molecule has 336 valence electrons. The molecule has 5 aliphatic rings. The van der Waals surface area contributed by atoms with Crippen molar-refractivity contribution in [1.82, 2.24) is 4.57 Å². The minimum Gasteiger partial charge on any atom is -0.449 e. The number of hydrogen-bond donors (Lipinski definition) is 0. The lowest BCUT2D eigenvalue weighted by molar-refractivity contribution is 0.359. The van der Waals surface area contributed by atoms with Gasteiger partial charge in [0, 0.05) is 56.8 Å². The number of aromatic nitrogens is 1. The fourth-order valence-corrected chi connectivity index (χ4v) is 12.8. The fourth-order valence-electron chi connectivity index (χ4n) is 12.8. The average molecular weight is 911 g/mol. The van der Waals surface area contributed by atoms with E-state index in [-0.39, 0.29) is 17.3 Å². The van der Waals surface area contributed by atoms with Crippen LogP contribution in [0.25, 0.3) is 49.7 Å². The maximum Gasteiger partial charge on any atom is 0.177 e. The normalized spacial score (nSPS) is 19.5. The van der Waals surface area contributed by atoms with E-state index in [1.807, 2.05) is 6.07 Å². The van der Waals surface area contributed by atoms with Crippen LogP contribution in [0.5, 0.6) is 23.0 Å². The first-order chi connectivity index (χ1) is 35.2. The number of nitrogens with zero attached hydrogens (tertiary/aromatic N) is 2. The zero-order valence-corrected chi connectivity index (χ0v) is 38.8. The second-order valence-corrected chi connectivity index (χ2v) is 19.5. The van der Waals surface area contributed by atoms with E-state index in [1.165, 1.54) is 66.4 Å². The van der Waals surface area contributed by atoms with Gasteiger partial charge in [0.25, 0.3) is 0 Å². The summed E-state index contributed by atoms with van der Waals surface area (Å²) in [6.07, 6.45) is 17.2. The van der Waals surface area contributed by atoms with Crippen LogP contribution in [0.4, 0.5) is 11.4 Å². The third-order valence-electron chi connectivity index (χ3n) is 15.9. The van der Waals surface area contributed by atoms with Crippen molar-refractivity contribution in [3.05, 3.63) is 282 Å². The summed E-state index contributed by atoms with van der Waals surface area (Å²) >= 11 is 0. The minimum absolute atomic E-state index is 0.239. The van der Waals surface area contributed by atoms with Gasteiger partial charge < -0.3 is 18.9 Å². The molecule has 0 fully saturated rings. The van der Waals surface area contributed by atoms with Gasteiger partial charge in [0.1, 0.15) is 0 Å². The first-order valence-electron chi connectivity index (χ1n) is 24.8. The first kappa shape index (κ1) is 40.1. The van der Waals surface area contributed by atoms with Crippen LogP contribution in [0.2, 0.25) is 0 Å². The summed E-state index contributed by atoms with van der Waals surface area (Å²) in [6, 6.07) is 74.8. The molecule has 0 saturated carbocycles. The molecule has 0 radical (unpaired) electrons. The molecule has 4 nitrogen and oxygen atoms in total. The Morgan fingerprint density at radius 3 is 2.07 bits per heavy atom. The lowest BCUT2D eigenvalue weighted by Crippen LogP contribution is -2.33. The van der Waals surface area contributed by atoms with Gasteiger partial charge >= 0.3 is 0 Å². The Morgan fingerprint density at radius 1 is 0.493 bits per heavy atom. The van der Waals surface area contributed by atoms with Crippen LogP contribution in [0.3, 0.4) is 0 Å². The van der Waals surface area contributed by atoms with Gasteiger partial charge in [-0.3, -0.25) is 0 Å². The molecule has 0 bridgehead atoms. The second-order valence-electron chi connectivity index (χ2n) is 19.5. The highest BCUT2D eigenvalue weighted by molar-refractivity contribution is 6.09. The topological polar surface area (TPSA) is 26.6 Å². The molecule has 4 atom stereocenters. The SMILES string of the molecule is C1=CC2c3ccccc3C3(c4ccccc4-c4cc5c(cc43)Oc3c(cccc3-c3ccc(N(C4=CC[C@@H](c6ccc7c(c6)c6ccccc6n7-c6ccccc6)C=C4)c4ccccc4)cc3)O5)[C@H]2C=C1. The second kappa shape index (κ2) is 15.6. The van der Waals surface area contributed by atoms with Gasteiger partial charge in [-0.05, 0) is 130 Å². The van der Waals surface area contributed by atoms with Gasteiger partial charge in [-0.15, -0.1) is 0 Å². The maximum absolute atomic E-state index is 7.08. The molecule has 15 rings (SSSR count). The molecule has 71 heavy (non-hydrogen) atoms. The summed E-state index contributed by atoms with van der Waals surface area (Å²) in [5.74, 6) is 3.72. The molecule has 1 aromatic heterocycles. The first-order valence-corrected chi connectivity index (χ1v) is 24.8. The number of fused-ring (bicyclic) bond motifs is 15. The Kier molecular flexibility index (Phi) is 8.79. The van der Waals surface area contributed by atoms with E-state index in [9.17, 15) is 0 Å². The Bertz CT molecular complexity index is 3930. The van der Waals surface area contributed by atoms with Gasteiger partial charge in [-0.2, -0.15) is 0 Å². The van der Waals surface area contributed by atoms with Gasteiger partial charge in [-0.1, -0.05) is 170 Å². The molecule has 1 aliphatic heterocycles. The monoisotopic (exact) mass is 910 g/mol. The van der Waals surface area contributed by atoms with Crippen LogP contribution in [0.1, 0.15) is 46.1 Å². The Morgan fingerprint density at radius 2 is 1.21 bits per heavy atom. The third kappa shape index (κ3) is 5.91. The molecule has 1 spiro atoms. The van der Waals surface area contributed by atoms with E-state index in [0.29, 0.717) is 11.7 Å². The Hall–Kier alpha value is -8.86.